The molecule has 5 aromatic rings. The molecule has 0 aliphatic carbocycles. The van der Waals surface area contributed by atoms with Crippen LogP contribution in [0.3, 0.4) is 0 Å². The molecule has 29 heavy (non-hydrogen) atoms. The summed E-state index contributed by atoms with van der Waals surface area (Å²) in [7, 11) is 0. The summed E-state index contributed by atoms with van der Waals surface area (Å²) in [4.78, 5) is 0. The molecular weight excluding hydrogens is 351 g/mol. The van der Waals surface area contributed by atoms with Gasteiger partial charge >= 0.3 is 0 Å². The van der Waals surface area contributed by atoms with Crippen LogP contribution in [0, 0.1) is 11.3 Å². The number of hydrogen-bond donors (Lipinski definition) is 0. The van der Waals surface area contributed by atoms with E-state index in [0.29, 0.717) is 0 Å². The zero-order chi connectivity index (χ0) is 19.1. The topological polar surface area (TPSA) is 28.7 Å². The summed E-state index contributed by atoms with van der Waals surface area (Å²) in [5.41, 5.74) is 11.1. The predicted molar refractivity (Wildman–Crippen MR) is 119 cm³/mol. The number of nitrogens with zero attached hydrogens (tertiary/aromatic N) is 2. The molecule has 132 valence electrons. The SMILES string of the molecule is N#Cc1cccc2c1B1c3ccccc3-n3c4ccccc4c4ccc(c1c43)C2. The van der Waals surface area contributed by atoms with Gasteiger partial charge in [0.2, 0.25) is 6.71 Å². The van der Waals surface area contributed by atoms with Crippen molar-refractivity contribution in [2.24, 2.45) is 0 Å². The molecule has 0 atom stereocenters. The van der Waals surface area contributed by atoms with Crippen LogP contribution >= 0.6 is 0 Å². The maximum Gasteiger partial charge on any atom is 0.249 e. The van der Waals surface area contributed by atoms with Crippen molar-refractivity contribution in [1.82, 2.24) is 4.57 Å². The van der Waals surface area contributed by atoms with E-state index in [2.05, 4.69) is 77.4 Å². The van der Waals surface area contributed by atoms with Gasteiger partial charge in [0.05, 0.1) is 11.6 Å². The van der Waals surface area contributed by atoms with Gasteiger partial charge in [-0.25, -0.2) is 0 Å². The molecule has 2 aliphatic rings. The van der Waals surface area contributed by atoms with Crippen molar-refractivity contribution >= 4 is 44.9 Å². The fraction of sp³-hybridized carbons (Fsp3) is 0.0385. The van der Waals surface area contributed by atoms with Gasteiger partial charge in [-0.1, -0.05) is 60.7 Å². The summed E-state index contributed by atoms with van der Waals surface area (Å²) >= 11 is 0. The molecule has 3 heteroatoms. The third-order valence-electron chi connectivity index (χ3n) is 6.73. The highest BCUT2D eigenvalue weighted by Crippen LogP contribution is 2.35. The molecule has 1 aromatic heterocycles. The van der Waals surface area contributed by atoms with Gasteiger partial charge in [-0.2, -0.15) is 5.26 Å². The number of rotatable bonds is 0. The average Bonchev–Trinajstić information content (AvgIpc) is 3.12. The molecule has 2 nitrogen and oxygen atoms in total. The van der Waals surface area contributed by atoms with Crippen molar-refractivity contribution in [3.63, 3.8) is 0 Å². The minimum Gasteiger partial charge on any atom is -0.310 e. The van der Waals surface area contributed by atoms with Crippen molar-refractivity contribution in [1.29, 1.82) is 5.26 Å². The molecule has 2 aliphatic heterocycles. The second-order valence-corrected chi connectivity index (χ2v) is 8.05. The molecule has 0 bridgehead atoms. The molecule has 3 heterocycles. The van der Waals surface area contributed by atoms with Crippen LogP contribution in [-0.2, 0) is 6.42 Å². The third kappa shape index (κ3) is 1.73. The number of aromatic nitrogens is 1. The van der Waals surface area contributed by atoms with Crippen molar-refractivity contribution in [2.45, 2.75) is 6.42 Å². The second-order valence-electron chi connectivity index (χ2n) is 8.05. The Bertz CT molecular complexity index is 1550. The number of hydrogen-bond acceptors (Lipinski definition) is 1. The number of nitriles is 1. The molecule has 0 radical (unpaired) electrons. The fourth-order valence-electron chi connectivity index (χ4n) is 5.65. The number of benzene rings is 4. The summed E-state index contributed by atoms with van der Waals surface area (Å²) in [5, 5.41) is 12.5. The summed E-state index contributed by atoms with van der Waals surface area (Å²) in [6.07, 6.45) is 0.885. The van der Waals surface area contributed by atoms with Crippen LogP contribution in [0.1, 0.15) is 16.7 Å². The van der Waals surface area contributed by atoms with Gasteiger partial charge in [0.25, 0.3) is 0 Å². The van der Waals surface area contributed by atoms with Crippen LogP contribution in [0.5, 0.6) is 0 Å². The largest absolute Gasteiger partial charge is 0.310 e. The Labute approximate surface area is 168 Å². The molecule has 0 spiro atoms. The smallest absolute Gasteiger partial charge is 0.249 e. The fourth-order valence-corrected chi connectivity index (χ4v) is 5.65. The van der Waals surface area contributed by atoms with Crippen molar-refractivity contribution < 1.29 is 0 Å². The molecular formula is C26H15BN2. The Morgan fingerprint density at radius 1 is 0.759 bits per heavy atom. The van der Waals surface area contributed by atoms with Crippen molar-refractivity contribution in [2.75, 3.05) is 0 Å². The van der Waals surface area contributed by atoms with E-state index < -0.39 is 0 Å². The minimum atomic E-state index is 0.112. The standard InChI is InChI=1S/C26H15BN2/c28-15-18-7-5-6-16-14-17-12-13-20-19-8-1-3-10-22(19)29-23-11-4-2-9-21(23)27(24(16)18)25(17)26(20)29/h1-13H,14H2. The summed E-state index contributed by atoms with van der Waals surface area (Å²) in [6, 6.07) is 30.6. The normalized spacial score (nSPS) is 13.3. The summed E-state index contributed by atoms with van der Waals surface area (Å²) in [5.74, 6) is 0. The van der Waals surface area contributed by atoms with E-state index in [1.165, 1.54) is 55.0 Å². The zero-order valence-electron chi connectivity index (χ0n) is 15.7. The molecule has 4 aromatic carbocycles. The predicted octanol–water partition coefficient (Wildman–Crippen LogP) is 3.39. The lowest BCUT2D eigenvalue weighted by Crippen LogP contribution is -2.60. The molecule has 0 saturated heterocycles. The van der Waals surface area contributed by atoms with Gasteiger partial charge < -0.3 is 4.57 Å². The first-order chi connectivity index (χ1) is 14.4. The highest BCUT2D eigenvalue weighted by Gasteiger charge is 2.39. The lowest BCUT2D eigenvalue weighted by molar-refractivity contribution is 1.16. The van der Waals surface area contributed by atoms with Gasteiger partial charge in [-0.15, -0.1) is 0 Å². The van der Waals surface area contributed by atoms with Gasteiger partial charge in [0.1, 0.15) is 0 Å². The maximum absolute atomic E-state index is 9.89. The Morgan fingerprint density at radius 3 is 2.52 bits per heavy atom. The zero-order valence-corrected chi connectivity index (χ0v) is 15.7. The van der Waals surface area contributed by atoms with Crippen molar-refractivity contribution in [3.05, 3.63) is 95.6 Å². The van der Waals surface area contributed by atoms with E-state index in [-0.39, 0.29) is 6.71 Å². The molecule has 7 rings (SSSR count). The van der Waals surface area contributed by atoms with Crippen LogP contribution in [0.2, 0.25) is 0 Å². The minimum absolute atomic E-state index is 0.112. The van der Waals surface area contributed by atoms with Crippen LogP contribution < -0.4 is 16.4 Å². The maximum atomic E-state index is 9.89. The van der Waals surface area contributed by atoms with E-state index >= 15 is 0 Å². The monoisotopic (exact) mass is 366 g/mol. The Hall–Kier alpha value is -3.77. The first kappa shape index (κ1) is 15.2. The van der Waals surface area contributed by atoms with Crippen LogP contribution in [0.4, 0.5) is 0 Å². The van der Waals surface area contributed by atoms with Crippen LogP contribution in [0.15, 0.2) is 78.9 Å². The molecule has 0 saturated carbocycles. The van der Waals surface area contributed by atoms with Crippen LogP contribution in [-0.4, -0.2) is 11.3 Å². The highest BCUT2D eigenvalue weighted by atomic mass is 15.0. The van der Waals surface area contributed by atoms with E-state index in [1.807, 2.05) is 12.1 Å². The summed E-state index contributed by atoms with van der Waals surface area (Å²) < 4.78 is 2.44. The van der Waals surface area contributed by atoms with Crippen molar-refractivity contribution in [3.8, 4) is 11.8 Å². The number of fused-ring (bicyclic) bond motifs is 8. The van der Waals surface area contributed by atoms with E-state index in [0.717, 1.165) is 12.0 Å². The Balaban J connectivity index is 1.76. The van der Waals surface area contributed by atoms with Gasteiger partial charge in [-0.05, 0) is 52.1 Å². The lowest BCUT2D eigenvalue weighted by atomic mass is 9.32. The first-order valence-corrected chi connectivity index (χ1v) is 10.0. The Morgan fingerprint density at radius 2 is 1.59 bits per heavy atom. The van der Waals surface area contributed by atoms with Crippen LogP contribution in [0.25, 0.3) is 27.5 Å². The highest BCUT2D eigenvalue weighted by molar-refractivity contribution is 6.99. The Kier molecular flexibility index (Phi) is 2.72. The third-order valence-corrected chi connectivity index (χ3v) is 6.73. The molecule has 0 fully saturated rings. The second kappa shape index (κ2) is 5.18. The van der Waals surface area contributed by atoms with Gasteiger partial charge in [0, 0.05) is 27.5 Å². The summed E-state index contributed by atoms with van der Waals surface area (Å²) in [6.45, 7) is 0.112. The quantitative estimate of drug-likeness (QED) is 0.378. The molecule has 0 amide bonds. The lowest BCUT2D eigenvalue weighted by Gasteiger charge is -2.33. The van der Waals surface area contributed by atoms with Gasteiger partial charge in [0.15, 0.2) is 0 Å². The average molecular weight is 366 g/mol. The number of para-hydroxylation sites is 2. The van der Waals surface area contributed by atoms with E-state index in [9.17, 15) is 5.26 Å². The first-order valence-electron chi connectivity index (χ1n) is 10.0. The van der Waals surface area contributed by atoms with E-state index in [1.54, 1.807) is 0 Å². The molecule has 0 unspecified atom stereocenters. The van der Waals surface area contributed by atoms with Gasteiger partial charge in [-0.3, -0.25) is 0 Å². The van der Waals surface area contributed by atoms with E-state index in [4.69, 9.17) is 0 Å². The molecule has 0 N–H and O–H groups in total.